The van der Waals surface area contributed by atoms with Crippen LogP contribution in [0.1, 0.15) is 16.8 Å². The average Bonchev–Trinajstić information content (AvgIpc) is 3.14. The smallest absolute Gasteiger partial charge is 0.320 e. The molecule has 0 saturated heterocycles. The third-order valence-electron chi connectivity index (χ3n) is 4.95. The molecule has 0 fully saturated rings. The van der Waals surface area contributed by atoms with E-state index in [0.29, 0.717) is 28.1 Å². The summed E-state index contributed by atoms with van der Waals surface area (Å²) in [6, 6.07) is 12.0. The van der Waals surface area contributed by atoms with Crippen LogP contribution in [-0.2, 0) is 24.0 Å². The number of aryl methyl sites for hydroxylation is 1. The number of pyridine rings is 1. The van der Waals surface area contributed by atoms with Gasteiger partial charge in [0.25, 0.3) is 0 Å². The molecule has 7 nitrogen and oxygen atoms in total. The van der Waals surface area contributed by atoms with Gasteiger partial charge in [0.1, 0.15) is 15.2 Å². The highest BCUT2D eigenvalue weighted by Gasteiger charge is 2.26. The first kappa shape index (κ1) is 19.7. The summed E-state index contributed by atoms with van der Waals surface area (Å²) in [5, 5.41) is 5.98. The molecule has 4 rings (SSSR count). The number of aromatic nitrogens is 2. The largest absolute Gasteiger partial charge is 0.326 e. The lowest BCUT2D eigenvalue weighted by molar-refractivity contribution is 0.200. The van der Waals surface area contributed by atoms with Crippen LogP contribution in [0.4, 0.5) is 9.93 Å². The number of nitrogens with two attached hydrogens (primary N) is 1. The van der Waals surface area contributed by atoms with Crippen LogP contribution in [0.5, 0.6) is 0 Å². The van der Waals surface area contributed by atoms with E-state index in [1.165, 1.54) is 21.8 Å². The number of urea groups is 1. The Morgan fingerprint density at radius 2 is 2.10 bits per heavy atom. The van der Waals surface area contributed by atoms with Crippen molar-refractivity contribution >= 4 is 33.5 Å². The van der Waals surface area contributed by atoms with Gasteiger partial charge in [-0.25, -0.2) is 19.1 Å². The van der Waals surface area contributed by atoms with Crippen molar-refractivity contribution in [3.63, 3.8) is 0 Å². The number of benzene rings is 1. The van der Waals surface area contributed by atoms with Gasteiger partial charge in [-0.3, -0.25) is 9.88 Å². The van der Waals surface area contributed by atoms with Gasteiger partial charge in [0, 0.05) is 31.9 Å². The first-order valence-corrected chi connectivity index (χ1v) is 11.2. The molecule has 0 aliphatic carbocycles. The summed E-state index contributed by atoms with van der Waals surface area (Å²) in [6.07, 6.45) is 2.57. The Kier molecular flexibility index (Phi) is 5.44. The minimum Gasteiger partial charge on any atom is -0.320 e. The summed E-state index contributed by atoms with van der Waals surface area (Å²) in [7, 11) is 0.0812. The highest BCUT2D eigenvalue weighted by atomic mass is 32.2. The Morgan fingerprint density at radius 3 is 2.79 bits per heavy atom. The molecule has 0 saturated carbocycles. The van der Waals surface area contributed by atoms with Crippen molar-refractivity contribution in [3.8, 4) is 11.3 Å². The number of hydrogen-bond donors (Lipinski definition) is 1. The number of nitrogens with zero attached hydrogens (tertiary/aromatic N) is 4. The fraction of sp³-hybridized carbons (Fsp3) is 0.250. The molecule has 1 aromatic carbocycles. The molecule has 3 heterocycles. The topological polar surface area (TPSA) is 92.4 Å². The van der Waals surface area contributed by atoms with Crippen molar-refractivity contribution < 1.29 is 9.00 Å². The molecule has 1 unspecified atom stereocenters. The van der Waals surface area contributed by atoms with Gasteiger partial charge in [-0.1, -0.05) is 29.5 Å². The fourth-order valence-electron chi connectivity index (χ4n) is 3.40. The summed E-state index contributed by atoms with van der Waals surface area (Å²) in [6.45, 7) is 2.91. The zero-order valence-corrected chi connectivity index (χ0v) is 17.8. The van der Waals surface area contributed by atoms with Crippen LogP contribution in [0, 0.1) is 6.92 Å². The molecule has 29 heavy (non-hydrogen) atoms. The number of fused-ring (bicyclic) bond motifs is 1. The van der Waals surface area contributed by atoms with E-state index in [1.807, 2.05) is 24.3 Å². The Bertz CT molecular complexity index is 1080. The number of carbonyl (C=O) groups is 1. The molecule has 0 radical (unpaired) electrons. The summed E-state index contributed by atoms with van der Waals surface area (Å²) < 4.78 is 12.1. The van der Waals surface area contributed by atoms with Crippen molar-refractivity contribution in [3.05, 3.63) is 59.4 Å². The van der Waals surface area contributed by atoms with Crippen LogP contribution in [0.25, 0.3) is 11.3 Å². The van der Waals surface area contributed by atoms with Crippen molar-refractivity contribution in [2.24, 2.45) is 5.14 Å². The zero-order chi connectivity index (χ0) is 20.5. The lowest BCUT2D eigenvalue weighted by Crippen LogP contribution is -2.43. The van der Waals surface area contributed by atoms with Gasteiger partial charge in [0.05, 0.1) is 11.4 Å². The van der Waals surface area contributed by atoms with Crippen LogP contribution in [0.3, 0.4) is 0 Å². The maximum absolute atomic E-state index is 13.0. The molecular formula is C20H21N5O2S2. The van der Waals surface area contributed by atoms with E-state index < -0.39 is 11.0 Å². The van der Waals surface area contributed by atoms with Crippen molar-refractivity contribution in [1.82, 2.24) is 14.9 Å². The summed E-state index contributed by atoms with van der Waals surface area (Å²) in [5.41, 5.74) is 5.00. The SMILES string of the molecule is Cc1nc(N(C)C(=O)N2CCc3cc(-c4ccccn4)ccc3C2)sc1S(N)=O. The Labute approximate surface area is 175 Å². The molecule has 1 atom stereocenters. The highest BCUT2D eigenvalue weighted by Crippen LogP contribution is 2.29. The second kappa shape index (κ2) is 8.02. The van der Waals surface area contributed by atoms with E-state index in [0.717, 1.165) is 23.2 Å². The van der Waals surface area contributed by atoms with Gasteiger partial charge in [0.2, 0.25) is 0 Å². The van der Waals surface area contributed by atoms with Crippen LogP contribution in [0.2, 0.25) is 0 Å². The minimum absolute atomic E-state index is 0.132. The molecular weight excluding hydrogens is 406 g/mol. The number of rotatable bonds is 3. The summed E-state index contributed by atoms with van der Waals surface area (Å²) in [4.78, 5) is 25.1. The number of carbonyl (C=O) groups excluding carboxylic acids is 1. The molecule has 1 aliphatic heterocycles. The standard InChI is InChI=1S/C20H21N5O2S2/c1-13-18(29(21)27)28-19(23-13)24(2)20(26)25-10-8-14-11-15(6-7-16(14)12-25)17-5-3-4-9-22-17/h3-7,9,11H,8,10,12,21H2,1-2H3. The Morgan fingerprint density at radius 1 is 1.28 bits per heavy atom. The van der Waals surface area contributed by atoms with Gasteiger partial charge in [0.15, 0.2) is 5.13 Å². The van der Waals surface area contributed by atoms with Crippen LogP contribution in [-0.4, -0.2) is 38.7 Å². The Balaban J connectivity index is 1.51. The predicted molar refractivity (Wildman–Crippen MR) is 115 cm³/mol. The van der Waals surface area contributed by atoms with E-state index in [-0.39, 0.29) is 6.03 Å². The lowest BCUT2D eigenvalue weighted by Gasteiger charge is -2.31. The molecule has 0 spiro atoms. The second-order valence-electron chi connectivity index (χ2n) is 6.88. The fourth-order valence-corrected chi connectivity index (χ4v) is 5.05. The van der Waals surface area contributed by atoms with Crippen LogP contribution < -0.4 is 10.0 Å². The van der Waals surface area contributed by atoms with Crippen LogP contribution >= 0.6 is 11.3 Å². The van der Waals surface area contributed by atoms with Crippen molar-refractivity contribution in [1.29, 1.82) is 0 Å². The molecule has 150 valence electrons. The van der Waals surface area contributed by atoms with Gasteiger partial charge in [-0.15, -0.1) is 0 Å². The lowest BCUT2D eigenvalue weighted by atomic mass is 9.96. The molecule has 1 aliphatic rings. The number of hydrogen-bond acceptors (Lipinski definition) is 5. The molecule has 2 aromatic heterocycles. The molecule has 2 N–H and O–H groups in total. The minimum atomic E-state index is -1.60. The summed E-state index contributed by atoms with van der Waals surface area (Å²) in [5.74, 6) is 0. The second-order valence-corrected chi connectivity index (χ2v) is 9.12. The maximum atomic E-state index is 13.0. The van der Waals surface area contributed by atoms with Gasteiger partial charge in [-0.05, 0) is 42.7 Å². The Hall–Kier alpha value is -2.62. The predicted octanol–water partition coefficient (Wildman–Crippen LogP) is 3.11. The first-order valence-electron chi connectivity index (χ1n) is 9.13. The van der Waals surface area contributed by atoms with Crippen LogP contribution in [0.15, 0.2) is 46.8 Å². The number of thiazole rings is 1. The normalized spacial score (nSPS) is 14.4. The molecule has 9 heteroatoms. The van der Waals surface area contributed by atoms with Gasteiger partial charge < -0.3 is 4.90 Å². The number of anilines is 1. The zero-order valence-electron chi connectivity index (χ0n) is 16.2. The van der Waals surface area contributed by atoms with E-state index in [2.05, 4.69) is 22.1 Å². The van der Waals surface area contributed by atoms with E-state index >= 15 is 0 Å². The monoisotopic (exact) mass is 427 g/mol. The molecule has 3 aromatic rings. The van der Waals surface area contributed by atoms with Gasteiger partial charge in [-0.2, -0.15) is 0 Å². The first-order chi connectivity index (χ1) is 13.9. The van der Waals surface area contributed by atoms with E-state index in [4.69, 9.17) is 5.14 Å². The quantitative estimate of drug-likeness (QED) is 0.695. The average molecular weight is 428 g/mol. The van der Waals surface area contributed by atoms with Crippen molar-refractivity contribution in [2.45, 2.75) is 24.1 Å². The maximum Gasteiger partial charge on any atom is 0.326 e. The third kappa shape index (κ3) is 3.93. The molecule has 0 bridgehead atoms. The summed E-state index contributed by atoms with van der Waals surface area (Å²) >= 11 is 1.19. The number of amides is 2. The highest BCUT2D eigenvalue weighted by molar-refractivity contribution is 7.85. The van der Waals surface area contributed by atoms with Gasteiger partial charge >= 0.3 is 6.03 Å². The third-order valence-corrected chi connectivity index (χ3v) is 7.38. The van der Waals surface area contributed by atoms with E-state index in [9.17, 15) is 9.00 Å². The molecule has 2 amide bonds. The van der Waals surface area contributed by atoms with Crippen molar-refractivity contribution in [2.75, 3.05) is 18.5 Å². The van der Waals surface area contributed by atoms with E-state index in [1.54, 1.807) is 25.1 Å².